The van der Waals surface area contributed by atoms with Crippen molar-refractivity contribution in [3.05, 3.63) is 23.9 Å². The van der Waals surface area contributed by atoms with Crippen LogP contribution in [0.2, 0.25) is 0 Å². The highest BCUT2D eigenvalue weighted by Gasteiger charge is 2.48. The van der Waals surface area contributed by atoms with E-state index in [0.29, 0.717) is 31.2 Å². The Kier molecular flexibility index (Phi) is 4.94. The van der Waals surface area contributed by atoms with Gasteiger partial charge in [0.15, 0.2) is 0 Å². The second-order valence-electron chi connectivity index (χ2n) is 7.61. The third kappa shape index (κ3) is 3.61. The normalized spacial score (nSPS) is 26.9. The van der Waals surface area contributed by atoms with Gasteiger partial charge in [-0.15, -0.1) is 0 Å². The van der Waals surface area contributed by atoms with Crippen LogP contribution in [-0.4, -0.2) is 51.8 Å². The van der Waals surface area contributed by atoms with Gasteiger partial charge >= 0.3 is 0 Å². The molecule has 0 aliphatic carbocycles. The number of hydrogen-bond acceptors (Lipinski definition) is 5. The van der Waals surface area contributed by atoms with Crippen molar-refractivity contribution in [2.24, 2.45) is 17.6 Å². The molecule has 3 atom stereocenters. The number of nitrogens with zero attached hydrogens (tertiary/aromatic N) is 3. The van der Waals surface area contributed by atoms with Crippen molar-refractivity contribution in [1.29, 1.82) is 0 Å². The molecule has 0 radical (unpaired) electrons. The topological polar surface area (TPSA) is 106 Å². The summed E-state index contributed by atoms with van der Waals surface area (Å²) in [6.07, 6.45) is 3.12. The van der Waals surface area contributed by atoms with Gasteiger partial charge in [-0.3, -0.25) is 14.5 Å². The Morgan fingerprint density at radius 1 is 1.44 bits per heavy atom. The fourth-order valence-electron chi connectivity index (χ4n) is 4.23. The summed E-state index contributed by atoms with van der Waals surface area (Å²) in [5.41, 5.74) is 12.5. The maximum absolute atomic E-state index is 12.8. The first-order valence-corrected chi connectivity index (χ1v) is 8.89. The molecular weight excluding hydrogens is 318 g/mol. The fourth-order valence-corrected chi connectivity index (χ4v) is 4.23. The zero-order valence-corrected chi connectivity index (χ0v) is 14.9. The molecule has 3 rings (SSSR count). The van der Waals surface area contributed by atoms with E-state index in [4.69, 9.17) is 11.5 Å². The number of anilines is 1. The number of fused-ring (bicyclic) bond motifs is 1. The van der Waals surface area contributed by atoms with Crippen LogP contribution in [0.25, 0.3) is 0 Å². The van der Waals surface area contributed by atoms with Gasteiger partial charge in [0.25, 0.3) is 0 Å². The largest absolute Gasteiger partial charge is 0.383 e. The lowest BCUT2D eigenvalue weighted by atomic mass is 9.91. The number of hydrogen-bond donors (Lipinski definition) is 2. The second kappa shape index (κ2) is 7.00. The number of nitrogens with two attached hydrogens (primary N) is 2. The molecule has 4 N–H and O–H groups in total. The average molecular weight is 345 g/mol. The smallest absolute Gasteiger partial charge is 0.237 e. The highest BCUT2D eigenvalue weighted by atomic mass is 16.2. The van der Waals surface area contributed by atoms with E-state index in [1.54, 1.807) is 6.20 Å². The number of aromatic nitrogens is 1. The number of primary amides is 1. The van der Waals surface area contributed by atoms with Crippen LogP contribution in [0.4, 0.5) is 5.82 Å². The van der Waals surface area contributed by atoms with E-state index in [-0.39, 0.29) is 29.8 Å². The Morgan fingerprint density at radius 2 is 2.20 bits per heavy atom. The minimum Gasteiger partial charge on any atom is -0.383 e. The second-order valence-corrected chi connectivity index (χ2v) is 7.61. The first-order chi connectivity index (χ1) is 11.9. The van der Waals surface area contributed by atoms with Crippen molar-refractivity contribution >= 4 is 17.6 Å². The molecule has 0 unspecified atom stereocenters. The third-order valence-electron chi connectivity index (χ3n) is 5.26. The summed E-state index contributed by atoms with van der Waals surface area (Å²) >= 11 is 0. The fraction of sp³-hybridized carbons (Fsp3) is 0.611. The minimum absolute atomic E-state index is 0.0420. The molecule has 25 heavy (non-hydrogen) atoms. The summed E-state index contributed by atoms with van der Waals surface area (Å²) in [6.45, 7) is 5.88. The number of pyridine rings is 1. The van der Waals surface area contributed by atoms with E-state index >= 15 is 0 Å². The van der Waals surface area contributed by atoms with Gasteiger partial charge in [-0.05, 0) is 24.8 Å². The standard InChI is InChI=1S/C18H27N5O2/c1-11(2)6-15-14(18(20)25)7-13-9-22(10-16(24)23(13)15)8-12-4-3-5-21-17(12)19/h3-5,11,13-15H,6-10H2,1-2H3,(H2,19,21)(H2,20,25)/t13-,14-,15-/m1/s1. The molecule has 3 heterocycles. The van der Waals surface area contributed by atoms with Crippen LogP contribution in [0.15, 0.2) is 18.3 Å². The van der Waals surface area contributed by atoms with Crippen LogP contribution in [0.1, 0.15) is 32.3 Å². The molecule has 7 heteroatoms. The monoisotopic (exact) mass is 345 g/mol. The first kappa shape index (κ1) is 17.7. The van der Waals surface area contributed by atoms with Crippen LogP contribution < -0.4 is 11.5 Å². The molecule has 2 fully saturated rings. The molecule has 2 amide bonds. The van der Waals surface area contributed by atoms with Crippen molar-refractivity contribution in [3.63, 3.8) is 0 Å². The lowest BCUT2D eigenvalue weighted by Gasteiger charge is -2.40. The average Bonchev–Trinajstić information content (AvgIpc) is 2.88. The first-order valence-electron chi connectivity index (χ1n) is 8.89. The Balaban J connectivity index is 1.76. The van der Waals surface area contributed by atoms with Crippen LogP contribution in [0, 0.1) is 11.8 Å². The highest BCUT2D eigenvalue weighted by molar-refractivity contribution is 5.84. The van der Waals surface area contributed by atoms with Gasteiger partial charge in [-0.25, -0.2) is 4.98 Å². The minimum atomic E-state index is -0.295. The van der Waals surface area contributed by atoms with Gasteiger partial charge < -0.3 is 16.4 Å². The Labute approximate surface area is 148 Å². The summed E-state index contributed by atoms with van der Waals surface area (Å²) < 4.78 is 0. The molecule has 2 saturated heterocycles. The van der Waals surface area contributed by atoms with E-state index in [9.17, 15) is 9.59 Å². The number of rotatable bonds is 5. The van der Waals surface area contributed by atoms with Crippen LogP contribution in [0.3, 0.4) is 0 Å². The van der Waals surface area contributed by atoms with Crippen molar-refractivity contribution in [3.8, 4) is 0 Å². The number of carbonyl (C=O) groups excluding carboxylic acids is 2. The van der Waals surface area contributed by atoms with Crippen LogP contribution in [0.5, 0.6) is 0 Å². The predicted octanol–water partition coefficient (Wildman–Crippen LogP) is 0.597. The van der Waals surface area contributed by atoms with Gasteiger partial charge in [0.1, 0.15) is 5.82 Å². The molecule has 0 aromatic carbocycles. The van der Waals surface area contributed by atoms with E-state index in [1.165, 1.54) is 0 Å². The summed E-state index contributed by atoms with van der Waals surface area (Å²) in [5.74, 6) is 0.437. The predicted molar refractivity (Wildman–Crippen MR) is 95.1 cm³/mol. The molecule has 136 valence electrons. The summed E-state index contributed by atoms with van der Waals surface area (Å²) in [5, 5.41) is 0. The number of nitrogen functional groups attached to an aromatic ring is 1. The molecule has 0 saturated carbocycles. The highest BCUT2D eigenvalue weighted by Crippen LogP contribution is 2.36. The van der Waals surface area contributed by atoms with Crippen LogP contribution in [-0.2, 0) is 16.1 Å². The van der Waals surface area contributed by atoms with Crippen molar-refractivity contribution in [1.82, 2.24) is 14.8 Å². The van der Waals surface area contributed by atoms with E-state index in [1.807, 2.05) is 17.0 Å². The number of piperazine rings is 1. The molecule has 1 aromatic heterocycles. The van der Waals surface area contributed by atoms with Crippen molar-refractivity contribution < 1.29 is 9.59 Å². The molecule has 0 spiro atoms. The van der Waals surface area contributed by atoms with E-state index in [0.717, 1.165) is 18.5 Å². The summed E-state index contributed by atoms with van der Waals surface area (Å²) in [7, 11) is 0. The summed E-state index contributed by atoms with van der Waals surface area (Å²) in [4.78, 5) is 32.8. The number of amides is 2. The lowest BCUT2D eigenvalue weighted by molar-refractivity contribution is -0.141. The van der Waals surface area contributed by atoms with Gasteiger partial charge in [0.2, 0.25) is 11.8 Å². The molecule has 7 nitrogen and oxygen atoms in total. The SMILES string of the molecule is CC(C)C[C@@H]1[C@H](C(N)=O)C[C@@H]2CN(Cc3cccnc3N)CC(=O)N21. The summed E-state index contributed by atoms with van der Waals surface area (Å²) in [6, 6.07) is 3.75. The van der Waals surface area contributed by atoms with E-state index in [2.05, 4.69) is 23.7 Å². The van der Waals surface area contributed by atoms with Gasteiger partial charge in [-0.1, -0.05) is 19.9 Å². The Morgan fingerprint density at radius 3 is 2.84 bits per heavy atom. The Bertz CT molecular complexity index is 663. The molecule has 0 bridgehead atoms. The molecule has 2 aliphatic rings. The zero-order valence-electron chi connectivity index (χ0n) is 14.9. The van der Waals surface area contributed by atoms with Gasteiger partial charge in [0.05, 0.1) is 12.5 Å². The zero-order chi connectivity index (χ0) is 18.1. The maximum atomic E-state index is 12.8. The number of carbonyl (C=O) groups is 2. The Hall–Kier alpha value is -2.15. The third-order valence-corrected chi connectivity index (χ3v) is 5.26. The maximum Gasteiger partial charge on any atom is 0.237 e. The molecule has 1 aromatic rings. The molecule has 2 aliphatic heterocycles. The van der Waals surface area contributed by atoms with Crippen molar-refractivity contribution in [2.75, 3.05) is 18.8 Å². The van der Waals surface area contributed by atoms with Crippen molar-refractivity contribution in [2.45, 2.75) is 45.3 Å². The van der Waals surface area contributed by atoms with E-state index < -0.39 is 0 Å². The van der Waals surface area contributed by atoms with Crippen LogP contribution >= 0.6 is 0 Å². The quantitative estimate of drug-likeness (QED) is 0.813. The lowest BCUT2D eigenvalue weighted by Crippen LogP contribution is -2.56. The van der Waals surface area contributed by atoms with Gasteiger partial charge in [-0.2, -0.15) is 0 Å². The van der Waals surface area contributed by atoms with Gasteiger partial charge in [0, 0.05) is 36.9 Å². The molecular formula is C18H27N5O2.